The first-order valence-electron chi connectivity index (χ1n) is 6.07. The third-order valence-corrected chi connectivity index (χ3v) is 4.10. The third-order valence-electron chi connectivity index (χ3n) is 3.22. The van der Waals surface area contributed by atoms with Gasteiger partial charge >= 0.3 is 0 Å². The van der Waals surface area contributed by atoms with E-state index in [0.717, 1.165) is 18.9 Å². The van der Waals surface area contributed by atoms with Crippen molar-refractivity contribution in [3.8, 4) is 0 Å². The zero-order chi connectivity index (χ0) is 11.8. The number of rotatable bonds is 1. The molecular weight excluding hydrogens is 230 g/mol. The average molecular weight is 247 g/mol. The molecule has 2 aromatic heterocycles. The maximum absolute atomic E-state index is 4.58. The normalized spacial score (nSPS) is 25.4. The van der Waals surface area contributed by atoms with Crippen LogP contribution in [0.25, 0.3) is 10.1 Å². The molecule has 0 aromatic carbocycles. The van der Waals surface area contributed by atoms with Gasteiger partial charge in [0.1, 0.15) is 5.82 Å². The monoisotopic (exact) mass is 247 g/mol. The summed E-state index contributed by atoms with van der Waals surface area (Å²) >= 11 is 1.78. The van der Waals surface area contributed by atoms with Crippen LogP contribution in [0.15, 0.2) is 23.7 Å². The van der Waals surface area contributed by atoms with Gasteiger partial charge in [-0.05, 0) is 31.4 Å². The molecule has 1 fully saturated rings. The zero-order valence-corrected chi connectivity index (χ0v) is 11.0. The number of anilines is 1. The third kappa shape index (κ3) is 2.03. The van der Waals surface area contributed by atoms with E-state index < -0.39 is 0 Å². The van der Waals surface area contributed by atoms with Crippen LogP contribution in [0.3, 0.4) is 0 Å². The maximum atomic E-state index is 4.58. The Morgan fingerprint density at radius 3 is 2.82 bits per heavy atom. The molecular formula is C13H17N3S. The molecule has 2 aromatic rings. The highest BCUT2D eigenvalue weighted by atomic mass is 32.1. The molecule has 0 aliphatic carbocycles. The van der Waals surface area contributed by atoms with Gasteiger partial charge in [0, 0.05) is 41.5 Å². The van der Waals surface area contributed by atoms with Gasteiger partial charge in [0.15, 0.2) is 0 Å². The van der Waals surface area contributed by atoms with E-state index in [2.05, 4.69) is 46.6 Å². The van der Waals surface area contributed by atoms with E-state index in [0.29, 0.717) is 12.1 Å². The molecule has 4 heteroatoms. The summed E-state index contributed by atoms with van der Waals surface area (Å²) in [6.07, 6.45) is 1.92. The van der Waals surface area contributed by atoms with E-state index >= 15 is 0 Å². The minimum absolute atomic E-state index is 0.523. The zero-order valence-electron chi connectivity index (χ0n) is 10.2. The van der Waals surface area contributed by atoms with Crippen molar-refractivity contribution in [3.63, 3.8) is 0 Å². The fraction of sp³-hybridized carbons (Fsp3) is 0.462. The lowest BCUT2D eigenvalue weighted by molar-refractivity contribution is 0.406. The van der Waals surface area contributed by atoms with E-state index in [9.17, 15) is 0 Å². The number of fused-ring (bicyclic) bond motifs is 1. The number of hydrogen-bond donors (Lipinski definition) is 1. The molecule has 0 radical (unpaired) electrons. The Kier molecular flexibility index (Phi) is 2.76. The summed E-state index contributed by atoms with van der Waals surface area (Å²) in [5.74, 6) is 1.14. The Labute approximate surface area is 105 Å². The average Bonchev–Trinajstić information content (AvgIpc) is 2.75. The highest BCUT2D eigenvalue weighted by Gasteiger charge is 2.23. The van der Waals surface area contributed by atoms with E-state index in [4.69, 9.17) is 0 Å². The number of hydrogen-bond acceptors (Lipinski definition) is 4. The van der Waals surface area contributed by atoms with E-state index in [1.165, 1.54) is 10.1 Å². The van der Waals surface area contributed by atoms with Crippen LogP contribution >= 0.6 is 11.3 Å². The molecule has 1 saturated heterocycles. The highest BCUT2D eigenvalue weighted by molar-refractivity contribution is 7.17. The topological polar surface area (TPSA) is 28.2 Å². The van der Waals surface area contributed by atoms with Crippen molar-refractivity contribution >= 4 is 27.2 Å². The van der Waals surface area contributed by atoms with Crippen molar-refractivity contribution < 1.29 is 0 Å². The van der Waals surface area contributed by atoms with Crippen LogP contribution in [0, 0.1) is 0 Å². The molecule has 0 bridgehead atoms. The fourth-order valence-corrected chi connectivity index (χ4v) is 3.41. The summed E-state index contributed by atoms with van der Waals surface area (Å²) in [5, 5.41) is 6.99. The molecule has 3 nitrogen and oxygen atoms in total. The number of nitrogens with zero attached hydrogens (tertiary/aromatic N) is 2. The lowest BCUT2D eigenvalue weighted by atomic mass is 10.1. The predicted molar refractivity (Wildman–Crippen MR) is 73.9 cm³/mol. The second-order valence-corrected chi connectivity index (χ2v) is 5.79. The second kappa shape index (κ2) is 4.27. The lowest BCUT2D eigenvalue weighted by Crippen LogP contribution is -2.54. The molecule has 2 unspecified atom stereocenters. The van der Waals surface area contributed by atoms with Gasteiger partial charge in [-0.25, -0.2) is 4.98 Å². The molecule has 90 valence electrons. The predicted octanol–water partition coefficient (Wildman–Crippen LogP) is 2.48. The Hall–Kier alpha value is -1.13. The highest BCUT2D eigenvalue weighted by Crippen LogP contribution is 2.29. The van der Waals surface area contributed by atoms with Gasteiger partial charge in [-0.2, -0.15) is 0 Å². The first-order chi connectivity index (χ1) is 8.24. The molecule has 0 spiro atoms. The summed E-state index contributed by atoms with van der Waals surface area (Å²) in [6.45, 7) is 6.53. The van der Waals surface area contributed by atoms with Gasteiger partial charge in [-0.15, -0.1) is 11.3 Å². The van der Waals surface area contributed by atoms with E-state index in [-0.39, 0.29) is 0 Å². The minimum atomic E-state index is 0.523. The van der Waals surface area contributed by atoms with Crippen molar-refractivity contribution in [1.82, 2.24) is 10.3 Å². The molecule has 17 heavy (non-hydrogen) atoms. The Morgan fingerprint density at radius 2 is 2.06 bits per heavy atom. The lowest BCUT2D eigenvalue weighted by Gasteiger charge is -2.37. The number of thiophene rings is 1. The second-order valence-electron chi connectivity index (χ2n) is 4.84. The minimum Gasteiger partial charge on any atom is -0.353 e. The summed E-state index contributed by atoms with van der Waals surface area (Å²) in [6, 6.07) is 5.32. The van der Waals surface area contributed by atoms with Crippen molar-refractivity contribution in [2.45, 2.75) is 25.9 Å². The Balaban J connectivity index is 2.00. The summed E-state index contributed by atoms with van der Waals surface area (Å²) < 4.78 is 1.33. The van der Waals surface area contributed by atoms with Crippen LogP contribution in [-0.2, 0) is 0 Å². The first kappa shape index (κ1) is 11.0. The van der Waals surface area contributed by atoms with Gasteiger partial charge in [-0.3, -0.25) is 0 Å². The maximum Gasteiger partial charge on any atom is 0.137 e. The molecule has 3 heterocycles. The van der Waals surface area contributed by atoms with Gasteiger partial charge in [0.2, 0.25) is 0 Å². The van der Waals surface area contributed by atoms with Gasteiger partial charge < -0.3 is 10.2 Å². The van der Waals surface area contributed by atoms with Gasteiger partial charge in [0.25, 0.3) is 0 Å². The largest absolute Gasteiger partial charge is 0.353 e. The quantitative estimate of drug-likeness (QED) is 0.839. The number of nitrogens with one attached hydrogen (secondary N) is 1. The molecule has 0 saturated carbocycles. The van der Waals surface area contributed by atoms with Crippen LogP contribution in [0.1, 0.15) is 13.8 Å². The van der Waals surface area contributed by atoms with Crippen molar-refractivity contribution in [2.24, 2.45) is 0 Å². The van der Waals surface area contributed by atoms with Crippen LogP contribution in [0.4, 0.5) is 5.82 Å². The van der Waals surface area contributed by atoms with Crippen LogP contribution < -0.4 is 10.2 Å². The number of aromatic nitrogens is 1. The van der Waals surface area contributed by atoms with Crippen molar-refractivity contribution in [1.29, 1.82) is 0 Å². The molecule has 1 N–H and O–H groups in total. The molecule has 0 amide bonds. The number of pyridine rings is 1. The van der Waals surface area contributed by atoms with Crippen molar-refractivity contribution in [2.75, 3.05) is 18.0 Å². The van der Waals surface area contributed by atoms with Crippen molar-refractivity contribution in [3.05, 3.63) is 23.7 Å². The SMILES string of the molecule is CC1CN(c2nccc3sccc23)CC(C)N1. The Bertz CT molecular complexity index is 512. The smallest absolute Gasteiger partial charge is 0.137 e. The van der Waals surface area contributed by atoms with E-state index in [1.807, 2.05) is 6.20 Å². The summed E-state index contributed by atoms with van der Waals surface area (Å²) in [5.41, 5.74) is 0. The number of piperazine rings is 1. The van der Waals surface area contributed by atoms with Gasteiger partial charge in [-0.1, -0.05) is 0 Å². The standard InChI is InChI=1S/C13H17N3S/c1-9-7-16(8-10(2)15-9)13-11-4-6-17-12(11)3-5-14-13/h3-6,9-10,15H,7-8H2,1-2H3. The van der Waals surface area contributed by atoms with Gasteiger partial charge in [0.05, 0.1) is 0 Å². The van der Waals surface area contributed by atoms with E-state index in [1.54, 1.807) is 11.3 Å². The molecule has 1 aliphatic heterocycles. The Morgan fingerprint density at radius 1 is 1.29 bits per heavy atom. The molecule has 3 rings (SSSR count). The van der Waals surface area contributed by atoms with Crippen LogP contribution in [0.5, 0.6) is 0 Å². The molecule has 2 atom stereocenters. The summed E-state index contributed by atoms with van der Waals surface area (Å²) in [7, 11) is 0. The summed E-state index contributed by atoms with van der Waals surface area (Å²) in [4.78, 5) is 6.98. The van der Waals surface area contributed by atoms with Crippen LogP contribution in [-0.4, -0.2) is 30.2 Å². The fourth-order valence-electron chi connectivity index (χ4n) is 2.63. The first-order valence-corrected chi connectivity index (χ1v) is 6.95. The molecule has 1 aliphatic rings. The van der Waals surface area contributed by atoms with Crippen LogP contribution in [0.2, 0.25) is 0 Å².